The van der Waals surface area contributed by atoms with Gasteiger partial charge in [-0.3, -0.25) is 9.59 Å². The molecule has 15 heteroatoms. The number of amides is 3. The van der Waals surface area contributed by atoms with Crippen LogP contribution in [0, 0.1) is 3.57 Å². The van der Waals surface area contributed by atoms with Crippen LogP contribution in [-0.2, 0) is 23.2 Å². The maximum absolute atomic E-state index is 14.5. The number of nitrogens with one attached hydrogen (secondary N) is 3. The van der Waals surface area contributed by atoms with Crippen molar-refractivity contribution in [3.05, 3.63) is 93.3 Å². The Labute approximate surface area is 385 Å². The van der Waals surface area contributed by atoms with Gasteiger partial charge in [0.05, 0.1) is 30.3 Å². The molecule has 340 valence electrons. The average molecular weight is 1000 g/mol. The number of fused-ring (bicyclic) bond motifs is 1. The summed E-state index contributed by atoms with van der Waals surface area (Å²) in [5, 5.41) is 6.09. The lowest BCUT2D eigenvalue weighted by molar-refractivity contribution is -0.134. The van der Waals surface area contributed by atoms with Gasteiger partial charge in [-0.1, -0.05) is 90.9 Å². The first-order valence-corrected chi connectivity index (χ1v) is 28.4. The summed E-state index contributed by atoms with van der Waals surface area (Å²) in [6.07, 6.45) is -0.746. The fraction of sp³-hybridized carbons (Fsp3) is 0.532. The number of halogens is 1. The largest absolute Gasteiger partial charge is 0.484 e. The summed E-state index contributed by atoms with van der Waals surface area (Å²) in [5.74, 6) is 0.170. The summed E-state index contributed by atoms with van der Waals surface area (Å²) in [6, 6.07) is 20.9. The van der Waals surface area contributed by atoms with Crippen molar-refractivity contribution in [2.75, 3.05) is 32.9 Å². The molecule has 4 aromatic rings. The van der Waals surface area contributed by atoms with E-state index in [0.717, 1.165) is 20.2 Å². The smallest absolute Gasteiger partial charge is 0.408 e. The molecule has 0 bridgehead atoms. The Kier molecular flexibility index (Phi) is 17.1. The highest BCUT2D eigenvalue weighted by Crippen LogP contribution is 2.38. The number of aromatic amines is 1. The summed E-state index contributed by atoms with van der Waals surface area (Å²) >= 11 is 2.26. The number of ether oxygens (including phenoxy) is 2. The molecule has 1 aromatic heterocycles. The van der Waals surface area contributed by atoms with Crippen molar-refractivity contribution in [3.8, 4) is 5.75 Å². The minimum absolute atomic E-state index is 0.0422. The Balaban J connectivity index is 1.56. The quantitative estimate of drug-likeness (QED) is 0.0660. The fourth-order valence-electron chi connectivity index (χ4n) is 6.10. The zero-order chi connectivity index (χ0) is 46.3. The predicted octanol–water partition coefficient (Wildman–Crippen LogP) is 10.6. The first-order chi connectivity index (χ1) is 28.7. The predicted molar refractivity (Wildman–Crippen MR) is 261 cm³/mol. The lowest BCUT2D eigenvalue weighted by atomic mass is 9.92. The molecule has 0 aliphatic carbocycles. The summed E-state index contributed by atoms with van der Waals surface area (Å²) in [7, 11) is -4.05. The molecule has 1 heterocycles. The second-order valence-electron chi connectivity index (χ2n) is 20.0. The van der Waals surface area contributed by atoms with Crippen LogP contribution < -0.4 is 15.4 Å². The third kappa shape index (κ3) is 14.4. The lowest BCUT2D eigenvalue weighted by Crippen LogP contribution is -2.46. The Morgan fingerprint density at radius 2 is 1.34 bits per heavy atom. The molecule has 0 fully saturated rings. The first kappa shape index (κ1) is 50.9. The van der Waals surface area contributed by atoms with E-state index in [1.54, 1.807) is 49.9 Å². The molecule has 3 aromatic carbocycles. The molecule has 0 aliphatic heterocycles. The van der Waals surface area contributed by atoms with Crippen molar-refractivity contribution in [3.63, 3.8) is 0 Å². The van der Waals surface area contributed by atoms with Crippen molar-refractivity contribution < 1.29 is 32.7 Å². The molecule has 3 amide bonds. The number of carbonyl (C=O) groups is 3. The van der Waals surface area contributed by atoms with Gasteiger partial charge in [0.1, 0.15) is 23.2 Å². The maximum Gasteiger partial charge on any atom is 0.408 e. The van der Waals surface area contributed by atoms with Crippen LogP contribution in [0.2, 0.25) is 36.3 Å². The van der Waals surface area contributed by atoms with E-state index >= 15 is 0 Å². The standard InChI is InChI=1S/C47H70IN5O7Si2/c1-32(33-18-16-15-17-19-33)40(42-49-37-25-22-35(48)30-38(37)50-42)51-43(55)41(52-44(56)60-45(2,3)4)34-20-23-36(24-21-34)57-31-39(54)53(26-28-58-61(11,12)46(5,6)7)27-29-59-62(13,14)47(8,9)10/h15-25,30,32,40-41H,26-29,31H2,1-14H3,(H,49,50)(H,51,55)(H,52,56). The van der Waals surface area contributed by atoms with Crippen molar-refractivity contribution in [2.24, 2.45) is 0 Å². The van der Waals surface area contributed by atoms with Crippen LogP contribution in [0.1, 0.15) is 104 Å². The van der Waals surface area contributed by atoms with Gasteiger partial charge in [-0.05, 0) is 121 Å². The molecular formula is C47H70IN5O7Si2. The van der Waals surface area contributed by atoms with Crippen LogP contribution >= 0.6 is 22.6 Å². The van der Waals surface area contributed by atoms with Gasteiger partial charge in [0.2, 0.25) is 5.91 Å². The van der Waals surface area contributed by atoms with Gasteiger partial charge in [0.15, 0.2) is 23.2 Å². The van der Waals surface area contributed by atoms with Crippen LogP contribution in [-0.4, -0.2) is 87.9 Å². The van der Waals surface area contributed by atoms with Crippen molar-refractivity contribution in [1.82, 2.24) is 25.5 Å². The van der Waals surface area contributed by atoms with Gasteiger partial charge in [0.25, 0.3) is 5.91 Å². The number of rotatable bonds is 18. The highest BCUT2D eigenvalue weighted by Gasteiger charge is 2.39. The molecular weight excluding hydrogens is 930 g/mol. The topological polar surface area (TPSA) is 144 Å². The normalized spacial score (nSPS) is 14.2. The number of hydrogen-bond donors (Lipinski definition) is 3. The van der Waals surface area contributed by atoms with Gasteiger partial charge >= 0.3 is 6.09 Å². The number of alkyl carbamates (subject to hydrolysis) is 1. The Hall–Kier alpha value is -3.78. The van der Waals surface area contributed by atoms with Gasteiger partial charge in [0, 0.05) is 22.6 Å². The summed E-state index contributed by atoms with van der Waals surface area (Å²) in [5.41, 5.74) is 2.33. The summed E-state index contributed by atoms with van der Waals surface area (Å²) in [4.78, 5) is 51.6. The highest BCUT2D eigenvalue weighted by molar-refractivity contribution is 14.1. The van der Waals surface area contributed by atoms with E-state index in [4.69, 9.17) is 23.3 Å². The summed E-state index contributed by atoms with van der Waals surface area (Å²) < 4.78 is 25.6. The maximum atomic E-state index is 14.5. The van der Waals surface area contributed by atoms with E-state index in [1.165, 1.54) is 0 Å². The zero-order valence-electron chi connectivity index (χ0n) is 39.3. The number of imidazole rings is 1. The molecule has 0 spiro atoms. The molecule has 0 saturated carbocycles. The lowest BCUT2D eigenvalue weighted by Gasteiger charge is -2.38. The van der Waals surface area contributed by atoms with Gasteiger partial charge in [-0.25, -0.2) is 9.78 Å². The Morgan fingerprint density at radius 3 is 1.87 bits per heavy atom. The molecule has 0 aliphatic rings. The molecule has 0 radical (unpaired) electrons. The van der Waals surface area contributed by atoms with Crippen LogP contribution in [0.25, 0.3) is 11.0 Å². The van der Waals surface area contributed by atoms with E-state index in [2.05, 4.69) is 106 Å². The van der Waals surface area contributed by atoms with E-state index in [1.807, 2.05) is 55.5 Å². The minimum Gasteiger partial charge on any atom is -0.484 e. The van der Waals surface area contributed by atoms with Crippen LogP contribution in [0.3, 0.4) is 0 Å². The van der Waals surface area contributed by atoms with Crippen molar-refractivity contribution in [1.29, 1.82) is 0 Å². The SMILES string of the molecule is CC(c1ccccc1)C(NC(=O)C(NC(=O)OC(C)(C)C)c1ccc(OCC(=O)N(CCO[Si](C)(C)C(C)(C)C)CCO[Si](C)(C)C(C)(C)C)cc1)c1nc2ccc(I)cc2[nH]1. The number of hydrogen-bond acceptors (Lipinski definition) is 8. The van der Waals surface area contributed by atoms with Gasteiger partial charge in [-0.15, -0.1) is 0 Å². The minimum atomic E-state index is -2.03. The van der Waals surface area contributed by atoms with E-state index in [0.29, 0.717) is 43.4 Å². The second-order valence-corrected chi connectivity index (χ2v) is 30.9. The first-order valence-electron chi connectivity index (χ1n) is 21.5. The number of benzene rings is 3. The third-order valence-electron chi connectivity index (χ3n) is 12.0. The second kappa shape index (κ2) is 20.8. The molecule has 3 N–H and O–H groups in total. The van der Waals surface area contributed by atoms with Crippen LogP contribution in [0.4, 0.5) is 4.79 Å². The average Bonchev–Trinajstić information content (AvgIpc) is 3.59. The number of nitrogens with zero attached hydrogens (tertiary/aromatic N) is 2. The zero-order valence-corrected chi connectivity index (χ0v) is 43.5. The molecule has 4 rings (SSSR count). The monoisotopic (exact) mass is 999 g/mol. The van der Waals surface area contributed by atoms with Crippen molar-refractivity contribution >= 4 is 68.2 Å². The molecule has 3 unspecified atom stereocenters. The van der Waals surface area contributed by atoms with Gasteiger partial charge in [-0.2, -0.15) is 0 Å². The van der Waals surface area contributed by atoms with Crippen LogP contribution in [0.5, 0.6) is 5.75 Å². The molecule has 62 heavy (non-hydrogen) atoms. The molecule has 0 saturated heterocycles. The van der Waals surface area contributed by atoms with E-state index in [9.17, 15) is 14.4 Å². The third-order valence-corrected chi connectivity index (χ3v) is 21.7. The van der Waals surface area contributed by atoms with Crippen LogP contribution in [0.15, 0.2) is 72.8 Å². The molecule has 12 nitrogen and oxygen atoms in total. The van der Waals surface area contributed by atoms with E-state index in [-0.39, 0.29) is 28.5 Å². The highest BCUT2D eigenvalue weighted by atomic mass is 127. The fourth-order valence-corrected chi connectivity index (χ4v) is 8.66. The Morgan fingerprint density at radius 1 is 0.774 bits per heavy atom. The Bertz CT molecular complexity index is 2080. The summed E-state index contributed by atoms with van der Waals surface area (Å²) in [6.45, 7) is 30.8. The number of H-pyrrole nitrogens is 1. The van der Waals surface area contributed by atoms with E-state index < -0.39 is 46.3 Å². The number of aromatic nitrogens is 2. The molecule has 3 atom stereocenters. The number of carbonyl (C=O) groups excluding carboxylic acids is 3. The van der Waals surface area contributed by atoms with Gasteiger partial charge < -0.3 is 38.8 Å². The van der Waals surface area contributed by atoms with Crippen molar-refractivity contribution in [2.45, 2.75) is 129 Å².